The largest absolute Gasteiger partial charge is 0.396 e. The lowest BCUT2D eigenvalue weighted by atomic mass is 9.80. The average molecular weight is 290 g/mol. The molecule has 1 aromatic rings. The highest BCUT2D eigenvalue weighted by Gasteiger charge is 2.29. The molecule has 0 aliphatic carbocycles. The van der Waals surface area contributed by atoms with Gasteiger partial charge in [0.15, 0.2) is 0 Å². The monoisotopic (exact) mass is 290 g/mol. The van der Waals surface area contributed by atoms with Crippen molar-refractivity contribution in [3.8, 4) is 0 Å². The number of aliphatic hydroxyl groups is 1. The third-order valence-electron chi connectivity index (χ3n) is 4.72. The van der Waals surface area contributed by atoms with Gasteiger partial charge in [0.2, 0.25) is 0 Å². The first kappa shape index (κ1) is 16.3. The Morgan fingerprint density at radius 1 is 1.24 bits per heavy atom. The van der Waals surface area contributed by atoms with Crippen LogP contribution in [0.5, 0.6) is 0 Å². The number of unbranched alkanes of at least 4 members (excludes halogenated alkanes) is 1. The first-order valence-electron chi connectivity index (χ1n) is 8.26. The van der Waals surface area contributed by atoms with E-state index >= 15 is 0 Å². The van der Waals surface area contributed by atoms with Crippen LogP contribution in [0.1, 0.15) is 37.7 Å². The van der Waals surface area contributed by atoms with Crippen LogP contribution < -0.4 is 4.90 Å². The summed E-state index contributed by atoms with van der Waals surface area (Å²) in [6, 6.07) is 8.86. The fourth-order valence-electron chi connectivity index (χ4n) is 3.34. The van der Waals surface area contributed by atoms with Crippen molar-refractivity contribution < 1.29 is 5.11 Å². The summed E-state index contributed by atoms with van der Waals surface area (Å²) in [4.78, 5) is 4.65. The molecule has 0 radical (unpaired) electrons. The summed E-state index contributed by atoms with van der Waals surface area (Å²) in [5, 5.41) is 9.77. The van der Waals surface area contributed by atoms with Crippen molar-refractivity contribution in [1.82, 2.24) is 4.90 Å². The van der Waals surface area contributed by atoms with Crippen molar-refractivity contribution >= 4 is 5.69 Å². The van der Waals surface area contributed by atoms with Crippen LogP contribution in [0.25, 0.3) is 0 Å². The van der Waals surface area contributed by atoms with Crippen LogP contribution >= 0.6 is 0 Å². The van der Waals surface area contributed by atoms with Crippen LogP contribution in [-0.4, -0.2) is 50.3 Å². The minimum absolute atomic E-state index is 0.294. The number of nitrogens with zero attached hydrogens (tertiary/aromatic N) is 2. The Labute approximate surface area is 129 Å². The molecule has 0 unspecified atom stereocenters. The normalized spacial score (nSPS) is 23.2. The van der Waals surface area contributed by atoms with Crippen LogP contribution in [0.2, 0.25) is 0 Å². The second kappa shape index (κ2) is 7.81. The lowest BCUT2D eigenvalue weighted by Crippen LogP contribution is -2.41. The van der Waals surface area contributed by atoms with E-state index < -0.39 is 0 Å². The quantitative estimate of drug-likeness (QED) is 0.872. The molecule has 1 aliphatic rings. The summed E-state index contributed by atoms with van der Waals surface area (Å²) in [5.41, 5.74) is 2.62. The fraction of sp³-hybridized carbons (Fsp3) is 0.667. The molecule has 0 bridgehead atoms. The highest BCUT2D eigenvalue weighted by Crippen LogP contribution is 2.33. The summed E-state index contributed by atoms with van der Waals surface area (Å²) >= 11 is 0. The van der Waals surface area contributed by atoms with E-state index in [1.54, 1.807) is 0 Å². The molecule has 3 nitrogen and oxygen atoms in total. The van der Waals surface area contributed by atoms with Gasteiger partial charge >= 0.3 is 0 Å². The molecule has 3 heteroatoms. The van der Waals surface area contributed by atoms with Crippen molar-refractivity contribution in [2.75, 3.05) is 45.2 Å². The van der Waals surface area contributed by atoms with Gasteiger partial charge < -0.3 is 14.9 Å². The Balaban J connectivity index is 2.02. The number of aliphatic hydroxyl groups excluding tert-OH is 1. The number of piperidine rings is 1. The standard InChI is InChI=1S/C18H30N2O/c1-4-5-11-20-12-10-18(16(13-20)14-21)15-6-8-17(9-7-15)19(2)3/h6-9,16,18,21H,4-5,10-14H2,1-3H3/t16-,18-/m0/s1. The number of hydrogen-bond acceptors (Lipinski definition) is 3. The van der Waals surface area contributed by atoms with Crippen LogP contribution in [0.15, 0.2) is 24.3 Å². The molecular formula is C18H30N2O. The van der Waals surface area contributed by atoms with Crippen LogP contribution in [0.3, 0.4) is 0 Å². The van der Waals surface area contributed by atoms with Gasteiger partial charge in [-0.2, -0.15) is 0 Å². The Bertz CT molecular complexity index is 416. The molecule has 118 valence electrons. The van der Waals surface area contributed by atoms with Crippen molar-refractivity contribution in [3.63, 3.8) is 0 Å². The predicted molar refractivity (Wildman–Crippen MR) is 90.1 cm³/mol. The van der Waals surface area contributed by atoms with Gasteiger partial charge in [0.05, 0.1) is 0 Å². The van der Waals surface area contributed by atoms with E-state index in [9.17, 15) is 5.11 Å². The number of hydrogen-bond donors (Lipinski definition) is 1. The second-order valence-electron chi connectivity index (χ2n) is 6.48. The van der Waals surface area contributed by atoms with Gasteiger partial charge in [0, 0.05) is 38.9 Å². The molecule has 2 rings (SSSR count). The van der Waals surface area contributed by atoms with E-state index in [2.05, 4.69) is 55.1 Å². The molecule has 0 spiro atoms. The molecule has 0 amide bonds. The van der Waals surface area contributed by atoms with Gasteiger partial charge in [-0.15, -0.1) is 0 Å². The molecule has 1 fully saturated rings. The molecule has 1 aromatic carbocycles. The summed E-state index contributed by atoms with van der Waals surface area (Å²) in [7, 11) is 4.13. The molecule has 1 saturated heterocycles. The Kier molecular flexibility index (Phi) is 6.07. The molecule has 0 saturated carbocycles. The molecule has 1 aliphatic heterocycles. The lowest BCUT2D eigenvalue weighted by Gasteiger charge is -2.38. The smallest absolute Gasteiger partial charge is 0.0477 e. The molecule has 1 N–H and O–H groups in total. The first-order chi connectivity index (χ1) is 10.2. The predicted octanol–water partition coefficient (Wildman–Crippen LogP) is 2.95. The van der Waals surface area contributed by atoms with Crippen molar-refractivity contribution in [3.05, 3.63) is 29.8 Å². The Morgan fingerprint density at radius 3 is 2.52 bits per heavy atom. The zero-order chi connectivity index (χ0) is 15.2. The summed E-state index contributed by atoms with van der Waals surface area (Å²) < 4.78 is 0. The van der Waals surface area contributed by atoms with Crippen LogP contribution in [0.4, 0.5) is 5.69 Å². The lowest BCUT2D eigenvalue weighted by molar-refractivity contribution is 0.101. The van der Waals surface area contributed by atoms with E-state index in [0.717, 1.165) is 19.5 Å². The van der Waals surface area contributed by atoms with Gasteiger partial charge in [-0.3, -0.25) is 0 Å². The minimum atomic E-state index is 0.294. The van der Waals surface area contributed by atoms with E-state index in [0.29, 0.717) is 18.4 Å². The molecule has 0 aromatic heterocycles. The first-order valence-corrected chi connectivity index (χ1v) is 8.26. The third kappa shape index (κ3) is 4.21. The minimum Gasteiger partial charge on any atom is -0.396 e. The van der Waals surface area contributed by atoms with Gasteiger partial charge in [-0.05, 0) is 49.5 Å². The third-order valence-corrected chi connectivity index (χ3v) is 4.72. The van der Waals surface area contributed by atoms with E-state index in [1.807, 2.05) is 0 Å². The highest BCUT2D eigenvalue weighted by atomic mass is 16.3. The van der Waals surface area contributed by atoms with Crippen molar-refractivity contribution in [1.29, 1.82) is 0 Å². The maximum atomic E-state index is 9.77. The zero-order valence-electron chi connectivity index (χ0n) is 13.8. The Hall–Kier alpha value is -1.06. The molecular weight excluding hydrogens is 260 g/mol. The van der Waals surface area contributed by atoms with Gasteiger partial charge in [-0.25, -0.2) is 0 Å². The van der Waals surface area contributed by atoms with Crippen molar-refractivity contribution in [2.24, 2.45) is 5.92 Å². The topological polar surface area (TPSA) is 26.7 Å². The molecule has 2 atom stereocenters. The Morgan fingerprint density at radius 2 is 1.95 bits per heavy atom. The van der Waals surface area contributed by atoms with Gasteiger partial charge in [-0.1, -0.05) is 25.5 Å². The van der Waals surface area contributed by atoms with E-state index in [1.165, 1.54) is 30.6 Å². The summed E-state index contributed by atoms with van der Waals surface area (Å²) in [6.07, 6.45) is 3.67. The molecule has 1 heterocycles. The highest BCUT2D eigenvalue weighted by molar-refractivity contribution is 5.46. The molecule has 21 heavy (non-hydrogen) atoms. The van der Waals surface area contributed by atoms with Crippen molar-refractivity contribution in [2.45, 2.75) is 32.1 Å². The summed E-state index contributed by atoms with van der Waals surface area (Å²) in [6.45, 7) is 5.91. The number of likely N-dealkylation sites (tertiary alicyclic amines) is 1. The summed E-state index contributed by atoms with van der Waals surface area (Å²) in [5.74, 6) is 0.880. The fourth-order valence-corrected chi connectivity index (χ4v) is 3.34. The maximum Gasteiger partial charge on any atom is 0.0477 e. The van der Waals surface area contributed by atoms with E-state index in [-0.39, 0.29) is 0 Å². The second-order valence-corrected chi connectivity index (χ2v) is 6.48. The van der Waals surface area contributed by atoms with E-state index in [4.69, 9.17) is 0 Å². The SMILES string of the molecule is CCCCN1CC[C@@H](c2ccc(N(C)C)cc2)[C@H](CO)C1. The number of anilines is 1. The number of rotatable bonds is 6. The number of benzene rings is 1. The van der Waals surface area contributed by atoms with Crippen LogP contribution in [0, 0.1) is 5.92 Å². The maximum absolute atomic E-state index is 9.77. The average Bonchev–Trinajstić information content (AvgIpc) is 2.52. The zero-order valence-corrected chi connectivity index (χ0v) is 13.8. The van der Waals surface area contributed by atoms with Crippen LogP contribution in [-0.2, 0) is 0 Å². The van der Waals surface area contributed by atoms with Gasteiger partial charge in [0.25, 0.3) is 0 Å². The van der Waals surface area contributed by atoms with Gasteiger partial charge in [0.1, 0.15) is 0 Å².